The molecule has 2 rings (SSSR count). The van der Waals surface area contributed by atoms with Gasteiger partial charge in [0.05, 0.1) is 6.10 Å². The molecule has 1 radical (unpaired) electrons. The van der Waals surface area contributed by atoms with Crippen molar-refractivity contribution in [3.63, 3.8) is 0 Å². The van der Waals surface area contributed by atoms with Crippen LogP contribution in [-0.2, 0) is 4.74 Å². The zero-order valence-electron chi connectivity index (χ0n) is 5.66. The summed E-state index contributed by atoms with van der Waals surface area (Å²) < 4.78 is 5.19. The minimum Gasteiger partial charge on any atom is -0.365 e. The number of hydrogen-bond acceptors (Lipinski definition) is 1. The number of benzene rings is 1. The van der Waals surface area contributed by atoms with Crippen molar-refractivity contribution < 1.29 is 4.74 Å². The summed E-state index contributed by atoms with van der Waals surface area (Å²) in [5.74, 6) is 0. The fourth-order valence-electron chi connectivity index (χ4n) is 1.08. The molecule has 1 heteroatoms. The summed E-state index contributed by atoms with van der Waals surface area (Å²) in [6.07, 6.45) is 0.448. The third kappa shape index (κ3) is 0.929. The van der Waals surface area contributed by atoms with Gasteiger partial charge in [0.15, 0.2) is 0 Å². The second-order valence-corrected chi connectivity index (χ2v) is 2.51. The molecule has 0 aromatic heterocycles. The van der Waals surface area contributed by atoms with Gasteiger partial charge in [0.1, 0.15) is 6.10 Å². The Morgan fingerprint density at radius 3 is 2.30 bits per heavy atom. The van der Waals surface area contributed by atoms with Crippen LogP contribution < -0.4 is 0 Å². The van der Waals surface area contributed by atoms with E-state index in [1.165, 1.54) is 5.56 Å². The fourth-order valence-corrected chi connectivity index (χ4v) is 1.08. The summed E-state index contributed by atoms with van der Waals surface area (Å²) in [7, 11) is 0. The molecule has 0 spiro atoms. The van der Waals surface area contributed by atoms with E-state index in [1.54, 1.807) is 0 Å². The molecule has 0 aliphatic carbocycles. The molecule has 1 saturated heterocycles. The Hall–Kier alpha value is -0.820. The second kappa shape index (κ2) is 2.10. The molecule has 1 aliphatic rings. The van der Waals surface area contributed by atoms with Gasteiger partial charge >= 0.3 is 0 Å². The topological polar surface area (TPSA) is 12.5 Å². The largest absolute Gasteiger partial charge is 0.365 e. The van der Waals surface area contributed by atoms with Crippen molar-refractivity contribution in [3.05, 3.63) is 42.8 Å². The summed E-state index contributed by atoms with van der Waals surface area (Å²) in [5, 5.41) is 0. The van der Waals surface area contributed by atoms with Crippen LogP contribution in [0.2, 0.25) is 0 Å². The highest BCUT2D eigenvalue weighted by Crippen LogP contribution is 2.37. The van der Waals surface area contributed by atoms with Crippen LogP contribution in [0, 0.1) is 6.92 Å². The van der Waals surface area contributed by atoms with Gasteiger partial charge in [-0.1, -0.05) is 30.3 Å². The molecule has 1 fully saturated rings. The highest BCUT2D eigenvalue weighted by molar-refractivity contribution is 5.22. The van der Waals surface area contributed by atoms with E-state index in [1.807, 2.05) is 18.2 Å². The minimum atomic E-state index is 0.183. The maximum absolute atomic E-state index is 5.19. The number of epoxide rings is 1. The van der Waals surface area contributed by atoms with Crippen molar-refractivity contribution in [1.29, 1.82) is 0 Å². The Labute approximate surface area is 60.6 Å². The average Bonchev–Trinajstić information content (AvgIpc) is 2.69. The molecule has 1 aromatic carbocycles. The molecule has 10 heavy (non-hydrogen) atoms. The molecule has 1 nitrogen and oxygen atoms in total. The third-order valence-electron chi connectivity index (χ3n) is 1.71. The van der Waals surface area contributed by atoms with E-state index >= 15 is 0 Å². The summed E-state index contributed by atoms with van der Waals surface area (Å²) in [6, 6.07) is 10.2. The molecule has 1 heterocycles. The molecule has 0 bridgehead atoms. The maximum atomic E-state index is 5.19. The van der Waals surface area contributed by atoms with Crippen LogP contribution in [0.1, 0.15) is 11.7 Å². The monoisotopic (exact) mass is 133 g/mol. The summed E-state index contributed by atoms with van der Waals surface area (Å²) in [5.41, 5.74) is 1.24. The highest BCUT2D eigenvalue weighted by atomic mass is 16.6. The van der Waals surface area contributed by atoms with Crippen molar-refractivity contribution in [2.75, 3.05) is 0 Å². The molecule has 1 aliphatic heterocycles. The fraction of sp³-hybridized carbons (Fsp3) is 0.222. The maximum Gasteiger partial charge on any atom is 0.109 e. The Morgan fingerprint density at radius 1 is 1.20 bits per heavy atom. The van der Waals surface area contributed by atoms with Gasteiger partial charge in [0, 0.05) is 0 Å². The van der Waals surface area contributed by atoms with Crippen LogP contribution in [0.3, 0.4) is 0 Å². The van der Waals surface area contributed by atoms with Gasteiger partial charge in [0.25, 0.3) is 0 Å². The van der Waals surface area contributed by atoms with Crippen LogP contribution in [-0.4, -0.2) is 6.10 Å². The standard InChI is InChI=1S/C9H9O/c1-7-9(10-7)8-5-3-2-4-6-8/h2-7,9H,1H2/t7-,9?/m0/s1. The van der Waals surface area contributed by atoms with Crippen LogP contribution in [0.4, 0.5) is 0 Å². The van der Waals surface area contributed by atoms with Gasteiger partial charge < -0.3 is 4.74 Å². The first-order chi connectivity index (χ1) is 4.88. The Kier molecular flexibility index (Phi) is 1.24. The SMILES string of the molecule is [CH2][C@@H]1OC1c1ccccc1. The molecule has 0 saturated carbocycles. The van der Waals surface area contributed by atoms with E-state index in [4.69, 9.17) is 4.74 Å². The molecule has 2 atom stereocenters. The predicted octanol–water partition coefficient (Wildman–Crippen LogP) is 1.96. The lowest BCUT2D eigenvalue weighted by molar-refractivity contribution is 0.393. The first-order valence-corrected chi connectivity index (χ1v) is 3.41. The van der Waals surface area contributed by atoms with Gasteiger partial charge in [-0.05, 0) is 12.5 Å². The smallest absolute Gasteiger partial charge is 0.109 e. The van der Waals surface area contributed by atoms with Crippen molar-refractivity contribution in [3.8, 4) is 0 Å². The first-order valence-electron chi connectivity index (χ1n) is 3.41. The number of hydrogen-bond donors (Lipinski definition) is 0. The van der Waals surface area contributed by atoms with Crippen LogP contribution in [0.15, 0.2) is 30.3 Å². The van der Waals surface area contributed by atoms with E-state index in [-0.39, 0.29) is 12.2 Å². The molecule has 1 unspecified atom stereocenters. The van der Waals surface area contributed by atoms with Crippen molar-refractivity contribution >= 4 is 0 Å². The highest BCUT2D eigenvalue weighted by Gasteiger charge is 2.35. The lowest BCUT2D eigenvalue weighted by atomic mass is 10.1. The first kappa shape index (κ1) is 5.93. The van der Waals surface area contributed by atoms with E-state index in [9.17, 15) is 0 Å². The predicted molar refractivity (Wildman–Crippen MR) is 39.4 cm³/mol. The molecule has 0 amide bonds. The minimum absolute atomic E-state index is 0.183. The number of ether oxygens (including phenoxy) is 1. The summed E-state index contributed by atoms with van der Waals surface area (Å²) in [6.45, 7) is 3.79. The quantitative estimate of drug-likeness (QED) is 0.533. The second-order valence-electron chi connectivity index (χ2n) is 2.51. The van der Waals surface area contributed by atoms with Crippen molar-refractivity contribution in [1.82, 2.24) is 0 Å². The molecule has 51 valence electrons. The Bertz CT molecular complexity index is 217. The van der Waals surface area contributed by atoms with Gasteiger partial charge in [0.2, 0.25) is 0 Å². The summed E-state index contributed by atoms with van der Waals surface area (Å²) in [4.78, 5) is 0. The molecule has 1 aromatic rings. The van der Waals surface area contributed by atoms with E-state index in [2.05, 4.69) is 19.1 Å². The van der Waals surface area contributed by atoms with Gasteiger partial charge in [-0.2, -0.15) is 0 Å². The Balaban J connectivity index is 2.20. The molecular weight excluding hydrogens is 124 g/mol. The summed E-state index contributed by atoms with van der Waals surface area (Å²) >= 11 is 0. The van der Waals surface area contributed by atoms with E-state index in [0.29, 0.717) is 0 Å². The van der Waals surface area contributed by atoms with Crippen molar-refractivity contribution in [2.24, 2.45) is 0 Å². The van der Waals surface area contributed by atoms with E-state index in [0.717, 1.165) is 0 Å². The molecule has 0 N–H and O–H groups in total. The van der Waals surface area contributed by atoms with Gasteiger partial charge in [-0.3, -0.25) is 0 Å². The zero-order chi connectivity index (χ0) is 6.97. The number of rotatable bonds is 1. The lowest BCUT2D eigenvalue weighted by Crippen LogP contribution is -1.80. The van der Waals surface area contributed by atoms with Crippen LogP contribution >= 0.6 is 0 Å². The lowest BCUT2D eigenvalue weighted by Gasteiger charge is -1.90. The van der Waals surface area contributed by atoms with Crippen LogP contribution in [0.5, 0.6) is 0 Å². The average molecular weight is 133 g/mol. The van der Waals surface area contributed by atoms with Gasteiger partial charge in [-0.25, -0.2) is 0 Å². The van der Waals surface area contributed by atoms with Crippen LogP contribution in [0.25, 0.3) is 0 Å². The van der Waals surface area contributed by atoms with Gasteiger partial charge in [-0.15, -0.1) is 0 Å². The molecular formula is C9H9O. The van der Waals surface area contributed by atoms with Crippen molar-refractivity contribution in [2.45, 2.75) is 12.2 Å². The normalized spacial score (nSPS) is 30.1. The third-order valence-corrected chi connectivity index (χ3v) is 1.71. The zero-order valence-corrected chi connectivity index (χ0v) is 5.66. The Morgan fingerprint density at radius 2 is 1.80 bits per heavy atom. The van der Waals surface area contributed by atoms with E-state index < -0.39 is 0 Å².